The minimum atomic E-state index is -0.840. The number of hydrogen-bond acceptors (Lipinski definition) is 8. The molecule has 3 amide bonds. The monoisotopic (exact) mass is 592 g/mol. The highest BCUT2D eigenvalue weighted by Gasteiger charge is 2.40. The van der Waals surface area contributed by atoms with Gasteiger partial charge in [-0.3, -0.25) is 14.4 Å². The lowest BCUT2D eigenvalue weighted by Crippen LogP contribution is -2.56. The van der Waals surface area contributed by atoms with Crippen LogP contribution in [0.15, 0.2) is 28.8 Å². The molecule has 2 fully saturated rings. The van der Waals surface area contributed by atoms with E-state index in [1.165, 1.54) is 6.07 Å². The van der Waals surface area contributed by atoms with Crippen molar-refractivity contribution >= 4 is 17.7 Å². The third kappa shape index (κ3) is 7.93. The van der Waals surface area contributed by atoms with Crippen molar-refractivity contribution in [3.8, 4) is 11.8 Å². The number of rotatable bonds is 9. The summed E-state index contributed by atoms with van der Waals surface area (Å²) < 4.78 is 11.8. The van der Waals surface area contributed by atoms with Gasteiger partial charge in [0.15, 0.2) is 6.61 Å². The van der Waals surface area contributed by atoms with E-state index in [9.17, 15) is 19.6 Å². The van der Waals surface area contributed by atoms with Gasteiger partial charge in [-0.25, -0.2) is 4.98 Å². The van der Waals surface area contributed by atoms with Crippen molar-refractivity contribution in [2.24, 2.45) is 5.92 Å². The largest absolute Gasteiger partial charge is 0.483 e. The number of oxazole rings is 1. The first-order valence-corrected chi connectivity index (χ1v) is 15.1. The number of ether oxygens (including phenoxy) is 1. The van der Waals surface area contributed by atoms with Gasteiger partial charge >= 0.3 is 0 Å². The smallest absolute Gasteiger partial charge is 0.255 e. The zero-order valence-electron chi connectivity index (χ0n) is 26.2. The Labute approximate surface area is 254 Å². The topological polar surface area (TPSA) is 132 Å². The normalized spacial score (nSPS) is 18.4. The molecule has 11 nitrogen and oxygen atoms in total. The van der Waals surface area contributed by atoms with Gasteiger partial charge in [0, 0.05) is 38.1 Å². The van der Waals surface area contributed by atoms with Crippen molar-refractivity contribution in [2.45, 2.75) is 78.0 Å². The Kier molecular flexibility index (Phi) is 10.1. The number of hydrogen-bond donors (Lipinski definition) is 1. The predicted molar refractivity (Wildman–Crippen MR) is 160 cm³/mol. The van der Waals surface area contributed by atoms with Gasteiger partial charge in [0.2, 0.25) is 17.7 Å². The number of likely N-dealkylation sites (tertiary alicyclic amines) is 1. The Morgan fingerprint density at radius 3 is 2.51 bits per heavy atom. The van der Waals surface area contributed by atoms with Gasteiger partial charge in [-0.15, -0.1) is 0 Å². The van der Waals surface area contributed by atoms with E-state index in [1.54, 1.807) is 23.2 Å². The van der Waals surface area contributed by atoms with Gasteiger partial charge in [0.25, 0.3) is 5.91 Å². The second-order valence-corrected chi connectivity index (χ2v) is 13.0. The summed E-state index contributed by atoms with van der Waals surface area (Å²) in [4.78, 5) is 51.0. The molecule has 0 bridgehead atoms. The van der Waals surface area contributed by atoms with Crippen LogP contribution in [0.4, 0.5) is 0 Å². The van der Waals surface area contributed by atoms with Crippen LogP contribution < -0.4 is 10.1 Å². The molecule has 1 N–H and O–H groups in total. The highest BCUT2D eigenvalue weighted by molar-refractivity contribution is 6.00. The average Bonchev–Trinajstić information content (AvgIpc) is 3.65. The maximum atomic E-state index is 13.9. The number of nitriles is 1. The lowest BCUT2D eigenvalue weighted by molar-refractivity contribution is -0.145. The van der Waals surface area contributed by atoms with E-state index < -0.39 is 18.0 Å². The Balaban J connectivity index is 1.51. The number of nitrogens with zero attached hydrogens (tertiary/aromatic N) is 5. The van der Waals surface area contributed by atoms with E-state index in [0.717, 1.165) is 19.5 Å². The number of benzene rings is 1. The predicted octanol–water partition coefficient (Wildman–Crippen LogP) is 3.33. The molecule has 2 saturated heterocycles. The zero-order chi connectivity index (χ0) is 31.3. The molecule has 232 valence electrons. The number of carbonyl (C=O) groups excluding carboxylic acids is 3. The third-order valence-corrected chi connectivity index (χ3v) is 7.94. The molecule has 0 saturated carbocycles. The first kappa shape index (κ1) is 32.0. The third-order valence-electron chi connectivity index (χ3n) is 7.94. The molecule has 11 heteroatoms. The summed E-state index contributed by atoms with van der Waals surface area (Å²) in [7, 11) is 2.03. The summed E-state index contributed by atoms with van der Waals surface area (Å²) in [6, 6.07) is 5.28. The summed E-state index contributed by atoms with van der Waals surface area (Å²) in [6.07, 6.45) is 3.40. The van der Waals surface area contributed by atoms with E-state index in [-0.39, 0.29) is 46.6 Å². The minimum absolute atomic E-state index is 0.0134. The molecule has 0 unspecified atom stereocenters. The average molecular weight is 593 g/mol. The summed E-state index contributed by atoms with van der Waals surface area (Å²) in [5.41, 5.74) is 0.203. The van der Waals surface area contributed by atoms with E-state index >= 15 is 0 Å². The van der Waals surface area contributed by atoms with E-state index in [4.69, 9.17) is 9.15 Å². The van der Waals surface area contributed by atoms with Crippen LogP contribution >= 0.6 is 0 Å². The number of amides is 3. The summed E-state index contributed by atoms with van der Waals surface area (Å²) >= 11 is 0. The summed E-state index contributed by atoms with van der Waals surface area (Å²) in [5.74, 6) is 0.602. The second kappa shape index (κ2) is 13.6. The SMILES string of the molecule is CC(C)C[C@@H](NC(=O)c1cc(C#N)ccc1OCc1ncc(C(C)(C)C)o1)C(=O)N1CCC[C@@H]1C(=O)N1CCN(C)CC1. The van der Waals surface area contributed by atoms with Crippen molar-refractivity contribution in [2.75, 3.05) is 39.8 Å². The lowest BCUT2D eigenvalue weighted by Gasteiger charge is -2.36. The number of nitrogens with one attached hydrogen (secondary N) is 1. The molecule has 0 radical (unpaired) electrons. The Hall–Kier alpha value is -3.91. The molecular formula is C32H44N6O5. The van der Waals surface area contributed by atoms with Crippen LogP contribution in [0.5, 0.6) is 5.75 Å². The first-order valence-electron chi connectivity index (χ1n) is 15.1. The molecule has 1 aromatic carbocycles. The van der Waals surface area contributed by atoms with E-state index in [0.29, 0.717) is 44.1 Å². The van der Waals surface area contributed by atoms with Crippen LogP contribution in [-0.4, -0.2) is 89.3 Å². The van der Waals surface area contributed by atoms with Crippen LogP contribution in [0.3, 0.4) is 0 Å². The quantitative estimate of drug-likeness (QED) is 0.469. The Morgan fingerprint density at radius 2 is 1.88 bits per heavy atom. The van der Waals surface area contributed by atoms with Crippen molar-refractivity contribution < 1.29 is 23.5 Å². The molecule has 2 aliphatic heterocycles. The number of carbonyl (C=O) groups is 3. The maximum Gasteiger partial charge on any atom is 0.255 e. The molecule has 2 aliphatic rings. The van der Waals surface area contributed by atoms with Gasteiger partial charge in [-0.2, -0.15) is 5.26 Å². The van der Waals surface area contributed by atoms with Crippen molar-refractivity contribution in [3.05, 3.63) is 47.2 Å². The fourth-order valence-electron chi connectivity index (χ4n) is 5.42. The molecule has 43 heavy (non-hydrogen) atoms. The fraction of sp³-hybridized carbons (Fsp3) is 0.594. The van der Waals surface area contributed by atoms with Crippen molar-refractivity contribution in [1.29, 1.82) is 5.26 Å². The van der Waals surface area contributed by atoms with Gasteiger partial charge in [0.1, 0.15) is 23.6 Å². The summed E-state index contributed by atoms with van der Waals surface area (Å²) in [5, 5.41) is 12.4. The van der Waals surface area contributed by atoms with Gasteiger partial charge in [-0.05, 0) is 50.4 Å². The molecule has 3 heterocycles. The molecule has 2 aromatic rings. The number of piperazine rings is 1. The summed E-state index contributed by atoms with van der Waals surface area (Å²) in [6.45, 7) is 13.4. The molecular weight excluding hydrogens is 548 g/mol. The number of likely N-dealkylation sites (N-methyl/N-ethyl adjacent to an activating group) is 1. The number of aromatic nitrogens is 1. The van der Waals surface area contributed by atoms with Crippen LogP contribution in [0.2, 0.25) is 0 Å². The molecule has 2 atom stereocenters. The first-order chi connectivity index (χ1) is 20.4. The standard InChI is InChI=1S/C32H44N6O5/c1-21(2)16-24(30(40)38-11-7-8-25(38)31(41)37-14-12-36(6)13-15-37)35-29(39)23-17-22(18-33)9-10-26(23)42-20-28-34-19-27(43-28)32(3,4)5/h9-10,17,19,21,24-25H,7-8,11-16,20H2,1-6H3,(H,35,39)/t24-,25-/m1/s1. The van der Waals surface area contributed by atoms with Gasteiger partial charge < -0.3 is 29.2 Å². The fourth-order valence-corrected chi connectivity index (χ4v) is 5.42. The zero-order valence-corrected chi connectivity index (χ0v) is 26.2. The Morgan fingerprint density at radius 1 is 1.16 bits per heavy atom. The highest BCUT2D eigenvalue weighted by atomic mass is 16.5. The van der Waals surface area contributed by atoms with Crippen molar-refractivity contribution in [3.63, 3.8) is 0 Å². The van der Waals surface area contributed by atoms with E-state index in [2.05, 4.69) is 21.3 Å². The van der Waals surface area contributed by atoms with Gasteiger partial charge in [-0.1, -0.05) is 34.6 Å². The maximum absolute atomic E-state index is 13.9. The van der Waals surface area contributed by atoms with Crippen LogP contribution in [0, 0.1) is 17.2 Å². The highest BCUT2D eigenvalue weighted by Crippen LogP contribution is 2.26. The van der Waals surface area contributed by atoms with Crippen LogP contribution in [0.1, 0.15) is 81.5 Å². The molecule has 4 rings (SSSR count). The lowest BCUT2D eigenvalue weighted by atomic mass is 9.94. The molecule has 0 spiro atoms. The van der Waals surface area contributed by atoms with Crippen molar-refractivity contribution in [1.82, 2.24) is 25.0 Å². The Bertz CT molecular complexity index is 1350. The van der Waals surface area contributed by atoms with Gasteiger partial charge in [0.05, 0.1) is 23.4 Å². The van der Waals surface area contributed by atoms with Crippen LogP contribution in [0.25, 0.3) is 0 Å². The van der Waals surface area contributed by atoms with E-state index in [1.807, 2.05) is 46.6 Å². The minimum Gasteiger partial charge on any atom is -0.483 e. The molecule has 0 aliphatic carbocycles. The molecule has 1 aromatic heterocycles. The second-order valence-electron chi connectivity index (χ2n) is 13.0. The van der Waals surface area contributed by atoms with Crippen LogP contribution in [-0.2, 0) is 21.6 Å².